The fourth-order valence-electron chi connectivity index (χ4n) is 3.92. The van der Waals surface area contributed by atoms with Gasteiger partial charge in [-0.05, 0) is 35.9 Å². The Morgan fingerprint density at radius 2 is 1.63 bits per heavy atom. The van der Waals surface area contributed by atoms with Crippen LogP contribution in [0.15, 0.2) is 87.2 Å². The van der Waals surface area contributed by atoms with Crippen LogP contribution < -0.4 is 0 Å². The molecular weight excluding hydrogens is 358 g/mol. The summed E-state index contributed by atoms with van der Waals surface area (Å²) >= 11 is 0. The Labute approximate surface area is 155 Å². The first-order valence-corrected chi connectivity index (χ1v) is 10.1. The predicted molar refractivity (Wildman–Crippen MR) is 104 cm³/mol. The van der Waals surface area contributed by atoms with Crippen molar-refractivity contribution in [1.82, 2.24) is 4.98 Å². The summed E-state index contributed by atoms with van der Waals surface area (Å²) in [7, 11) is -3.48. The van der Waals surface area contributed by atoms with E-state index in [1.165, 1.54) is 0 Å². The third kappa shape index (κ3) is 1.94. The molecule has 0 amide bonds. The van der Waals surface area contributed by atoms with Crippen LogP contribution in [-0.2, 0) is 9.84 Å². The number of benzene rings is 3. The van der Waals surface area contributed by atoms with Gasteiger partial charge in [0, 0.05) is 39.2 Å². The Balaban J connectivity index is 1.56. The molecule has 130 valence electrons. The fraction of sp³-hybridized carbons (Fsp3) is 0. The number of aromatic amines is 1. The molecule has 0 fully saturated rings. The van der Waals surface area contributed by atoms with Crippen molar-refractivity contribution in [2.24, 2.45) is 0 Å². The molecule has 0 radical (unpaired) electrons. The normalized spacial score (nSPS) is 14.5. The highest BCUT2D eigenvalue weighted by Crippen LogP contribution is 2.44. The molecule has 2 aromatic heterocycles. The summed E-state index contributed by atoms with van der Waals surface area (Å²) in [4.78, 5) is 4.13. The van der Waals surface area contributed by atoms with Crippen LogP contribution in [0, 0.1) is 0 Å². The van der Waals surface area contributed by atoms with E-state index in [0.29, 0.717) is 9.79 Å². The van der Waals surface area contributed by atoms with Gasteiger partial charge < -0.3 is 9.40 Å². The Bertz CT molecular complexity index is 1440. The Kier molecular flexibility index (Phi) is 2.69. The molecular formula is C22H13NO3S. The maximum absolute atomic E-state index is 12.9. The van der Waals surface area contributed by atoms with Crippen molar-refractivity contribution < 1.29 is 12.8 Å². The van der Waals surface area contributed by atoms with Crippen LogP contribution in [0.2, 0.25) is 0 Å². The second-order valence-corrected chi connectivity index (χ2v) is 8.68. The van der Waals surface area contributed by atoms with Crippen molar-refractivity contribution in [3.05, 3.63) is 73.0 Å². The highest BCUT2D eigenvalue weighted by Gasteiger charge is 2.32. The lowest BCUT2D eigenvalue weighted by molar-refractivity contribution is 0.598. The van der Waals surface area contributed by atoms with Gasteiger partial charge in [0.05, 0.1) is 16.1 Å². The number of hydrogen-bond acceptors (Lipinski definition) is 3. The zero-order valence-corrected chi connectivity index (χ0v) is 14.9. The molecule has 4 nitrogen and oxygen atoms in total. The number of rotatable bonds is 1. The van der Waals surface area contributed by atoms with E-state index in [-0.39, 0.29) is 0 Å². The molecule has 0 aliphatic carbocycles. The lowest BCUT2D eigenvalue weighted by atomic mass is 10.0. The quantitative estimate of drug-likeness (QED) is 0.421. The van der Waals surface area contributed by atoms with Gasteiger partial charge >= 0.3 is 0 Å². The number of furan rings is 1. The van der Waals surface area contributed by atoms with E-state index < -0.39 is 9.84 Å². The van der Waals surface area contributed by atoms with Crippen LogP contribution in [0.4, 0.5) is 0 Å². The molecule has 0 bridgehead atoms. The van der Waals surface area contributed by atoms with Gasteiger partial charge in [0.15, 0.2) is 0 Å². The van der Waals surface area contributed by atoms with Gasteiger partial charge in [0.2, 0.25) is 9.84 Å². The highest BCUT2D eigenvalue weighted by atomic mass is 32.2. The van der Waals surface area contributed by atoms with E-state index in [1.54, 1.807) is 24.5 Å². The van der Waals surface area contributed by atoms with Crippen LogP contribution in [-0.4, -0.2) is 13.4 Å². The van der Waals surface area contributed by atoms with Crippen LogP contribution in [0.3, 0.4) is 0 Å². The summed E-state index contributed by atoms with van der Waals surface area (Å²) < 4.78 is 31.3. The van der Waals surface area contributed by atoms with Crippen molar-refractivity contribution in [3.63, 3.8) is 0 Å². The standard InChI is InChI=1S/C22H13NO3S/c24-27(25)21-4-2-1-3-16(21)17-6-5-13(11-22(17)27)18-10-15-9-14-7-8-26-20(14)12-19(15)23-18/h1-12,23H. The molecule has 27 heavy (non-hydrogen) atoms. The van der Waals surface area contributed by atoms with Crippen LogP contribution in [0.5, 0.6) is 0 Å². The first kappa shape index (κ1) is 14.8. The monoisotopic (exact) mass is 371 g/mol. The summed E-state index contributed by atoms with van der Waals surface area (Å²) in [5.41, 5.74) is 5.05. The largest absolute Gasteiger partial charge is 0.464 e. The Morgan fingerprint density at radius 1 is 0.778 bits per heavy atom. The van der Waals surface area contributed by atoms with Gasteiger partial charge in [0.1, 0.15) is 5.58 Å². The molecule has 0 saturated carbocycles. The van der Waals surface area contributed by atoms with Gasteiger partial charge in [-0.2, -0.15) is 0 Å². The zero-order chi connectivity index (χ0) is 18.2. The van der Waals surface area contributed by atoms with E-state index in [9.17, 15) is 8.42 Å². The SMILES string of the molecule is O=S1(=O)c2ccccc2-c2ccc(-c3cc4cc5ccoc5cc4[nH]3)cc21. The van der Waals surface area contributed by atoms with Gasteiger partial charge in [-0.15, -0.1) is 0 Å². The van der Waals surface area contributed by atoms with Crippen molar-refractivity contribution in [2.45, 2.75) is 9.79 Å². The summed E-state index contributed by atoms with van der Waals surface area (Å²) in [5, 5.41) is 2.10. The lowest BCUT2D eigenvalue weighted by Crippen LogP contribution is -1.96. The summed E-state index contributed by atoms with van der Waals surface area (Å²) in [5.74, 6) is 0. The number of fused-ring (bicyclic) bond motifs is 5. The molecule has 1 N–H and O–H groups in total. The Morgan fingerprint density at radius 3 is 2.56 bits per heavy atom. The molecule has 6 rings (SSSR count). The third-order valence-electron chi connectivity index (χ3n) is 5.24. The minimum atomic E-state index is -3.48. The molecule has 0 saturated heterocycles. The number of sulfone groups is 1. The first-order valence-electron chi connectivity index (χ1n) is 8.60. The molecule has 3 aromatic carbocycles. The first-order chi connectivity index (χ1) is 13.1. The van der Waals surface area contributed by atoms with E-state index in [4.69, 9.17) is 4.42 Å². The highest BCUT2D eigenvalue weighted by molar-refractivity contribution is 7.92. The van der Waals surface area contributed by atoms with E-state index in [2.05, 4.69) is 11.1 Å². The van der Waals surface area contributed by atoms with Gasteiger partial charge in [-0.3, -0.25) is 0 Å². The number of nitrogens with one attached hydrogen (secondary N) is 1. The van der Waals surface area contributed by atoms with Crippen molar-refractivity contribution in [1.29, 1.82) is 0 Å². The smallest absolute Gasteiger partial charge is 0.207 e. The van der Waals surface area contributed by atoms with Gasteiger partial charge in [-0.25, -0.2) is 8.42 Å². The van der Waals surface area contributed by atoms with Crippen LogP contribution >= 0.6 is 0 Å². The average molecular weight is 371 g/mol. The van der Waals surface area contributed by atoms with Crippen molar-refractivity contribution >= 4 is 31.7 Å². The van der Waals surface area contributed by atoms with Gasteiger partial charge in [0.25, 0.3) is 0 Å². The Hall–Kier alpha value is -3.31. The van der Waals surface area contributed by atoms with Crippen molar-refractivity contribution in [3.8, 4) is 22.4 Å². The second-order valence-electron chi connectivity index (χ2n) is 6.79. The molecule has 0 atom stereocenters. The second kappa shape index (κ2) is 4.90. The van der Waals surface area contributed by atoms with E-state index in [0.717, 1.165) is 44.3 Å². The molecule has 5 heteroatoms. The maximum atomic E-state index is 12.9. The van der Waals surface area contributed by atoms with E-state index in [1.807, 2.05) is 42.5 Å². The molecule has 5 aromatic rings. The van der Waals surface area contributed by atoms with E-state index >= 15 is 0 Å². The molecule has 0 unspecified atom stereocenters. The minimum absolute atomic E-state index is 0.369. The molecule has 1 aliphatic heterocycles. The fourth-order valence-corrected chi connectivity index (χ4v) is 5.64. The number of aromatic nitrogens is 1. The average Bonchev–Trinajstić information content (AvgIpc) is 3.35. The zero-order valence-electron chi connectivity index (χ0n) is 14.1. The van der Waals surface area contributed by atoms with Crippen molar-refractivity contribution in [2.75, 3.05) is 0 Å². The summed E-state index contributed by atoms with van der Waals surface area (Å²) in [6.07, 6.45) is 1.67. The third-order valence-corrected chi connectivity index (χ3v) is 7.09. The van der Waals surface area contributed by atoms with Gasteiger partial charge in [-0.1, -0.05) is 30.3 Å². The summed E-state index contributed by atoms with van der Waals surface area (Å²) in [6.45, 7) is 0. The van der Waals surface area contributed by atoms with Crippen LogP contribution in [0.1, 0.15) is 0 Å². The number of H-pyrrole nitrogens is 1. The maximum Gasteiger partial charge on any atom is 0.207 e. The molecule has 0 spiro atoms. The lowest BCUT2D eigenvalue weighted by Gasteiger charge is -2.03. The minimum Gasteiger partial charge on any atom is -0.464 e. The predicted octanol–water partition coefficient (Wildman–Crippen LogP) is 5.39. The van der Waals surface area contributed by atoms with Crippen LogP contribution in [0.25, 0.3) is 44.3 Å². The topological polar surface area (TPSA) is 63.1 Å². The molecule has 1 aliphatic rings. The summed E-state index contributed by atoms with van der Waals surface area (Å²) in [6, 6.07) is 20.8. The number of hydrogen-bond donors (Lipinski definition) is 1. The molecule has 3 heterocycles.